The molecule has 5 heteroatoms. The number of aromatic nitrogens is 5. The van der Waals surface area contributed by atoms with E-state index in [0.29, 0.717) is 0 Å². The first-order valence-corrected chi connectivity index (χ1v) is 7.15. The zero-order chi connectivity index (χ0) is 15.1. The quantitative estimate of drug-likeness (QED) is 0.592. The second kappa shape index (κ2) is 4.80. The Morgan fingerprint density at radius 3 is 2.77 bits per heavy atom. The van der Waals surface area contributed by atoms with Crippen molar-refractivity contribution in [3.05, 3.63) is 54.2 Å². The van der Waals surface area contributed by atoms with Gasteiger partial charge in [0.05, 0.1) is 34.4 Å². The number of hydrogen-bond donors (Lipinski definition) is 2. The Kier molecular flexibility index (Phi) is 2.79. The molecule has 0 bridgehead atoms. The number of pyridine rings is 1. The Morgan fingerprint density at radius 2 is 1.91 bits per heavy atom. The van der Waals surface area contributed by atoms with E-state index < -0.39 is 0 Å². The van der Waals surface area contributed by atoms with Crippen molar-refractivity contribution >= 4 is 11.0 Å². The molecule has 0 fully saturated rings. The van der Waals surface area contributed by atoms with E-state index in [9.17, 15) is 0 Å². The van der Waals surface area contributed by atoms with Crippen molar-refractivity contribution in [2.45, 2.75) is 13.8 Å². The van der Waals surface area contributed by atoms with Gasteiger partial charge in [0.25, 0.3) is 0 Å². The molecule has 0 amide bonds. The number of H-pyrrole nitrogens is 2. The molecule has 0 saturated heterocycles. The van der Waals surface area contributed by atoms with Gasteiger partial charge in [0.2, 0.25) is 0 Å². The molecule has 3 aromatic heterocycles. The van der Waals surface area contributed by atoms with Crippen molar-refractivity contribution < 1.29 is 0 Å². The lowest BCUT2D eigenvalue weighted by Crippen LogP contribution is -1.89. The van der Waals surface area contributed by atoms with Crippen LogP contribution in [-0.2, 0) is 0 Å². The molecule has 4 rings (SSSR count). The second-order valence-corrected chi connectivity index (χ2v) is 5.34. The monoisotopic (exact) mass is 289 g/mol. The standard InChI is InChI=1S/C17H15N5/c1-10-4-3-5-14(20-10)17-16(21-11(2)22-17)12-6-7-13-15(8-12)19-9-18-13/h3-9H,1-2H3,(H,18,19)(H,21,22). The van der Waals surface area contributed by atoms with Crippen LogP contribution in [0.25, 0.3) is 33.7 Å². The largest absolute Gasteiger partial charge is 0.345 e. The van der Waals surface area contributed by atoms with Gasteiger partial charge < -0.3 is 9.97 Å². The molecular weight excluding hydrogens is 274 g/mol. The fourth-order valence-electron chi connectivity index (χ4n) is 2.65. The summed E-state index contributed by atoms with van der Waals surface area (Å²) in [4.78, 5) is 20.0. The highest BCUT2D eigenvalue weighted by molar-refractivity contribution is 5.84. The molecule has 0 aliphatic carbocycles. The van der Waals surface area contributed by atoms with Gasteiger partial charge in [0.1, 0.15) is 5.82 Å². The zero-order valence-corrected chi connectivity index (χ0v) is 12.4. The molecule has 0 radical (unpaired) electrons. The summed E-state index contributed by atoms with van der Waals surface area (Å²) in [6.45, 7) is 3.95. The summed E-state index contributed by atoms with van der Waals surface area (Å²) in [5.41, 5.74) is 6.74. The van der Waals surface area contributed by atoms with Gasteiger partial charge in [-0.05, 0) is 38.1 Å². The van der Waals surface area contributed by atoms with Gasteiger partial charge >= 0.3 is 0 Å². The van der Waals surface area contributed by atoms with E-state index in [4.69, 9.17) is 0 Å². The highest BCUT2D eigenvalue weighted by atomic mass is 14.9. The third-order valence-electron chi connectivity index (χ3n) is 3.66. The van der Waals surface area contributed by atoms with Gasteiger partial charge in [-0.3, -0.25) is 4.98 Å². The fraction of sp³-hybridized carbons (Fsp3) is 0.118. The molecular formula is C17H15N5. The van der Waals surface area contributed by atoms with Crippen LogP contribution in [0.3, 0.4) is 0 Å². The summed E-state index contributed by atoms with van der Waals surface area (Å²) < 4.78 is 0. The van der Waals surface area contributed by atoms with Crippen molar-refractivity contribution in [3.8, 4) is 22.6 Å². The minimum absolute atomic E-state index is 0.873. The van der Waals surface area contributed by atoms with E-state index in [-0.39, 0.29) is 0 Å². The lowest BCUT2D eigenvalue weighted by atomic mass is 10.1. The number of fused-ring (bicyclic) bond motifs is 1. The number of benzene rings is 1. The molecule has 3 heterocycles. The first kappa shape index (κ1) is 12.8. The number of hydrogen-bond acceptors (Lipinski definition) is 3. The van der Waals surface area contributed by atoms with Crippen molar-refractivity contribution in [3.63, 3.8) is 0 Å². The van der Waals surface area contributed by atoms with Crippen LogP contribution in [0.5, 0.6) is 0 Å². The maximum Gasteiger partial charge on any atom is 0.104 e. The number of nitrogens with one attached hydrogen (secondary N) is 2. The third kappa shape index (κ3) is 2.07. The summed E-state index contributed by atoms with van der Waals surface area (Å²) in [6.07, 6.45) is 1.70. The number of imidazole rings is 2. The summed E-state index contributed by atoms with van der Waals surface area (Å²) in [5.74, 6) is 0.873. The van der Waals surface area contributed by atoms with Crippen LogP contribution >= 0.6 is 0 Å². The van der Waals surface area contributed by atoms with Crippen LogP contribution in [0.1, 0.15) is 11.5 Å². The normalized spacial score (nSPS) is 11.2. The Hall–Kier alpha value is -2.95. The average Bonchev–Trinajstić information content (AvgIpc) is 3.12. The molecule has 0 aliphatic rings. The molecule has 22 heavy (non-hydrogen) atoms. The second-order valence-electron chi connectivity index (χ2n) is 5.34. The molecule has 2 N–H and O–H groups in total. The number of rotatable bonds is 2. The topological polar surface area (TPSA) is 70.2 Å². The van der Waals surface area contributed by atoms with Gasteiger partial charge in [-0.25, -0.2) is 9.97 Å². The van der Waals surface area contributed by atoms with Gasteiger partial charge in [0.15, 0.2) is 0 Å². The lowest BCUT2D eigenvalue weighted by Gasteiger charge is -2.04. The highest BCUT2D eigenvalue weighted by Gasteiger charge is 2.14. The predicted molar refractivity (Wildman–Crippen MR) is 86.4 cm³/mol. The van der Waals surface area contributed by atoms with Crippen LogP contribution in [0.15, 0.2) is 42.7 Å². The van der Waals surface area contributed by atoms with Gasteiger partial charge in [-0.2, -0.15) is 0 Å². The Labute approximate surface area is 127 Å². The SMILES string of the molecule is Cc1cccc(-c2[nH]c(C)nc2-c2ccc3nc[nH]c3c2)n1. The van der Waals surface area contributed by atoms with Crippen LogP contribution in [-0.4, -0.2) is 24.9 Å². The molecule has 0 spiro atoms. The van der Waals surface area contributed by atoms with E-state index in [1.165, 1.54) is 0 Å². The van der Waals surface area contributed by atoms with Crippen LogP contribution in [0.4, 0.5) is 0 Å². The summed E-state index contributed by atoms with van der Waals surface area (Å²) in [5, 5.41) is 0. The van der Waals surface area contributed by atoms with Crippen molar-refractivity contribution in [1.82, 2.24) is 24.9 Å². The molecule has 1 aromatic carbocycles. The number of aromatic amines is 2. The number of aryl methyl sites for hydroxylation is 2. The van der Waals surface area contributed by atoms with E-state index in [2.05, 4.69) is 31.0 Å². The van der Waals surface area contributed by atoms with Crippen LogP contribution < -0.4 is 0 Å². The van der Waals surface area contributed by atoms with E-state index in [0.717, 1.165) is 45.2 Å². The van der Waals surface area contributed by atoms with Gasteiger partial charge in [-0.15, -0.1) is 0 Å². The molecule has 0 atom stereocenters. The molecule has 0 unspecified atom stereocenters. The average molecular weight is 289 g/mol. The Balaban J connectivity index is 1.91. The molecule has 5 nitrogen and oxygen atoms in total. The van der Waals surface area contributed by atoms with Crippen molar-refractivity contribution in [2.75, 3.05) is 0 Å². The fourth-order valence-corrected chi connectivity index (χ4v) is 2.65. The van der Waals surface area contributed by atoms with E-state index in [1.54, 1.807) is 6.33 Å². The van der Waals surface area contributed by atoms with Gasteiger partial charge in [-0.1, -0.05) is 12.1 Å². The smallest absolute Gasteiger partial charge is 0.104 e. The Bertz CT molecular complexity index is 964. The number of nitrogens with zero attached hydrogens (tertiary/aromatic N) is 3. The minimum atomic E-state index is 0.873. The maximum atomic E-state index is 4.65. The third-order valence-corrected chi connectivity index (χ3v) is 3.66. The predicted octanol–water partition coefficient (Wildman–Crippen LogP) is 3.63. The highest BCUT2D eigenvalue weighted by Crippen LogP contribution is 2.30. The van der Waals surface area contributed by atoms with E-state index in [1.807, 2.05) is 44.2 Å². The molecule has 108 valence electrons. The summed E-state index contributed by atoms with van der Waals surface area (Å²) in [7, 11) is 0. The minimum Gasteiger partial charge on any atom is -0.345 e. The van der Waals surface area contributed by atoms with Crippen molar-refractivity contribution in [1.29, 1.82) is 0 Å². The summed E-state index contributed by atoms with van der Waals surface area (Å²) in [6, 6.07) is 12.1. The Morgan fingerprint density at radius 1 is 1.00 bits per heavy atom. The molecule has 0 aliphatic heterocycles. The maximum absolute atomic E-state index is 4.65. The van der Waals surface area contributed by atoms with Crippen molar-refractivity contribution in [2.24, 2.45) is 0 Å². The van der Waals surface area contributed by atoms with E-state index >= 15 is 0 Å². The first-order valence-electron chi connectivity index (χ1n) is 7.15. The lowest BCUT2D eigenvalue weighted by molar-refractivity contribution is 1.14. The first-order chi connectivity index (χ1) is 10.7. The van der Waals surface area contributed by atoms with Crippen LogP contribution in [0, 0.1) is 13.8 Å². The molecule has 4 aromatic rings. The summed E-state index contributed by atoms with van der Waals surface area (Å²) >= 11 is 0. The van der Waals surface area contributed by atoms with Gasteiger partial charge in [0, 0.05) is 11.3 Å². The molecule has 0 saturated carbocycles. The zero-order valence-electron chi connectivity index (χ0n) is 12.4. The van der Waals surface area contributed by atoms with Crippen LogP contribution in [0.2, 0.25) is 0 Å².